The first-order valence-electron chi connectivity index (χ1n) is 5.36. The number of nitrogens with zero attached hydrogens (tertiary/aromatic N) is 1. The first kappa shape index (κ1) is 8.85. The third kappa shape index (κ3) is 1.33. The molecule has 4 heteroatoms. The number of hydrogen-bond acceptors (Lipinski definition) is 3. The zero-order valence-corrected chi connectivity index (χ0v) is 8.42. The van der Waals surface area contributed by atoms with Crippen LogP contribution in [0.5, 0.6) is 0 Å². The van der Waals surface area contributed by atoms with E-state index in [0.717, 1.165) is 36.9 Å². The molecular formula is C11H13N3O. The van der Waals surface area contributed by atoms with Crippen LogP contribution in [-0.2, 0) is 6.42 Å². The molecule has 1 aliphatic carbocycles. The zero-order chi connectivity index (χ0) is 10.3. The molecule has 0 spiro atoms. The Bertz CT molecular complexity index is 475. The predicted octanol–water partition coefficient (Wildman–Crippen LogP) is 0.461. The molecule has 0 amide bonds. The summed E-state index contributed by atoms with van der Waals surface area (Å²) in [7, 11) is 0. The number of aromatic amines is 1. The lowest BCUT2D eigenvalue weighted by Crippen LogP contribution is -2.39. The second-order valence-electron chi connectivity index (χ2n) is 4.09. The van der Waals surface area contributed by atoms with Crippen LogP contribution in [0.25, 0.3) is 5.57 Å². The van der Waals surface area contributed by atoms with E-state index in [0.29, 0.717) is 6.04 Å². The average molecular weight is 203 g/mol. The molecule has 0 saturated heterocycles. The Morgan fingerprint density at radius 2 is 2.40 bits per heavy atom. The normalized spacial score (nSPS) is 24.0. The van der Waals surface area contributed by atoms with E-state index in [4.69, 9.17) is 0 Å². The number of aromatic nitrogens is 2. The van der Waals surface area contributed by atoms with Crippen molar-refractivity contribution in [2.24, 2.45) is 0 Å². The molecule has 1 aliphatic heterocycles. The van der Waals surface area contributed by atoms with Crippen LogP contribution in [0.2, 0.25) is 0 Å². The van der Waals surface area contributed by atoms with Crippen molar-refractivity contribution in [1.29, 1.82) is 0 Å². The summed E-state index contributed by atoms with van der Waals surface area (Å²) in [6, 6.07) is 0.370. The van der Waals surface area contributed by atoms with Gasteiger partial charge in [0.05, 0.1) is 11.8 Å². The third-order valence-corrected chi connectivity index (χ3v) is 3.20. The second kappa shape index (κ2) is 3.31. The Kier molecular flexibility index (Phi) is 1.95. The lowest BCUT2D eigenvalue weighted by atomic mass is 9.83. The third-order valence-electron chi connectivity index (χ3n) is 3.20. The van der Waals surface area contributed by atoms with Crippen LogP contribution in [0.15, 0.2) is 17.1 Å². The van der Waals surface area contributed by atoms with Crippen molar-refractivity contribution in [2.45, 2.75) is 25.3 Å². The lowest BCUT2D eigenvalue weighted by molar-refractivity contribution is 0.541. The van der Waals surface area contributed by atoms with Gasteiger partial charge < -0.3 is 5.32 Å². The van der Waals surface area contributed by atoms with E-state index in [-0.39, 0.29) is 5.56 Å². The molecule has 78 valence electrons. The average Bonchev–Trinajstić information content (AvgIpc) is 2.29. The summed E-state index contributed by atoms with van der Waals surface area (Å²) in [6.07, 6.45) is 7.00. The molecule has 0 saturated carbocycles. The number of aryl methyl sites for hydroxylation is 1. The van der Waals surface area contributed by atoms with Crippen molar-refractivity contribution >= 4 is 5.57 Å². The first-order chi connectivity index (χ1) is 7.36. The van der Waals surface area contributed by atoms with Gasteiger partial charge in [-0.2, -0.15) is 5.10 Å². The van der Waals surface area contributed by atoms with Gasteiger partial charge in [0.25, 0.3) is 5.56 Å². The molecule has 2 aliphatic rings. The van der Waals surface area contributed by atoms with E-state index in [1.165, 1.54) is 5.57 Å². The van der Waals surface area contributed by atoms with Crippen molar-refractivity contribution in [2.75, 3.05) is 6.54 Å². The van der Waals surface area contributed by atoms with Crippen LogP contribution in [0.1, 0.15) is 24.0 Å². The monoisotopic (exact) mass is 203 g/mol. The van der Waals surface area contributed by atoms with Crippen molar-refractivity contribution in [3.63, 3.8) is 0 Å². The molecule has 0 aromatic carbocycles. The fraction of sp³-hybridized carbons (Fsp3) is 0.455. The minimum Gasteiger partial charge on any atom is -0.310 e. The first-order valence-corrected chi connectivity index (χ1v) is 5.36. The Labute approximate surface area is 87.4 Å². The SMILES string of the molecule is O=c1[nH]ncc2c1C1=CCCNC1CC2. The van der Waals surface area contributed by atoms with Crippen LogP contribution in [0.3, 0.4) is 0 Å². The molecule has 0 bridgehead atoms. The van der Waals surface area contributed by atoms with Gasteiger partial charge in [0.1, 0.15) is 0 Å². The molecule has 0 fully saturated rings. The number of hydrogen-bond donors (Lipinski definition) is 2. The van der Waals surface area contributed by atoms with Gasteiger partial charge in [-0.3, -0.25) is 4.79 Å². The predicted molar refractivity (Wildman–Crippen MR) is 57.6 cm³/mol. The van der Waals surface area contributed by atoms with E-state index in [9.17, 15) is 4.79 Å². The molecular weight excluding hydrogens is 190 g/mol. The zero-order valence-electron chi connectivity index (χ0n) is 8.42. The Hall–Kier alpha value is -1.42. The fourth-order valence-electron chi connectivity index (χ4n) is 2.51. The van der Waals surface area contributed by atoms with E-state index in [2.05, 4.69) is 21.6 Å². The van der Waals surface area contributed by atoms with E-state index >= 15 is 0 Å². The second-order valence-corrected chi connectivity index (χ2v) is 4.09. The van der Waals surface area contributed by atoms with E-state index < -0.39 is 0 Å². The van der Waals surface area contributed by atoms with Crippen LogP contribution >= 0.6 is 0 Å². The van der Waals surface area contributed by atoms with Crippen molar-refractivity contribution in [3.8, 4) is 0 Å². The number of fused-ring (bicyclic) bond motifs is 3. The van der Waals surface area contributed by atoms with Crippen LogP contribution in [0, 0.1) is 0 Å². The molecule has 1 aromatic rings. The molecule has 3 rings (SSSR count). The van der Waals surface area contributed by atoms with Gasteiger partial charge in [-0.05, 0) is 36.9 Å². The minimum atomic E-state index is -0.0489. The van der Waals surface area contributed by atoms with Crippen LogP contribution in [-0.4, -0.2) is 22.8 Å². The fourth-order valence-corrected chi connectivity index (χ4v) is 2.51. The summed E-state index contributed by atoms with van der Waals surface area (Å²) in [6.45, 7) is 1.02. The maximum absolute atomic E-state index is 11.7. The molecule has 15 heavy (non-hydrogen) atoms. The van der Waals surface area contributed by atoms with Gasteiger partial charge >= 0.3 is 0 Å². The number of nitrogens with one attached hydrogen (secondary N) is 2. The number of H-pyrrole nitrogens is 1. The minimum absolute atomic E-state index is 0.0489. The Morgan fingerprint density at radius 3 is 3.33 bits per heavy atom. The van der Waals surface area contributed by atoms with Crippen molar-refractivity contribution in [3.05, 3.63) is 33.8 Å². The topological polar surface area (TPSA) is 57.8 Å². The highest BCUT2D eigenvalue weighted by molar-refractivity contribution is 5.73. The van der Waals surface area contributed by atoms with Crippen LogP contribution in [0.4, 0.5) is 0 Å². The summed E-state index contributed by atoms with van der Waals surface area (Å²) in [5.41, 5.74) is 3.07. The molecule has 1 atom stereocenters. The van der Waals surface area contributed by atoms with Gasteiger partial charge in [0.15, 0.2) is 0 Å². The van der Waals surface area contributed by atoms with E-state index in [1.54, 1.807) is 6.20 Å². The summed E-state index contributed by atoms with van der Waals surface area (Å²) < 4.78 is 0. The number of rotatable bonds is 0. The Morgan fingerprint density at radius 1 is 1.47 bits per heavy atom. The highest BCUT2D eigenvalue weighted by Gasteiger charge is 2.27. The summed E-state index contributed by atoms with van der Waals surface area (Å²) in [5, 5.41) is 9.82. The molecule has 0 radical (unpaired) electrons. The highest BCUT2D eigenvalue weighted by atomic mass is 16.1. The summed E-state index contributed by atoms with van der Waals surface area (Å²) in [5.74, 6) is 0. The molecule has 1 aromatic heterocycles. The maximum atomic E-state index is 11.7. The largest absolute Gasteiger partial charge is 0.310 e. The molecule has 2 N–H and O–H groups in total. The quantitative estimate of drug-likeness (QED) is 0.644. The van der Waals surface area contributed by atoms with E-state index in [1.807, 2.05) is 0 Å². The summed E-state index contributed by atoms with van der Waals surface area (Å²) >= 11 is 0. The van der Waals surface area contributed by atoms with Crippen molar-refractivity contribution in [1.82, 2.24) is 15.5 Å². The van der Waals surface area contributed by atoms with Crippen LogP contribution < -0.4 is 10.9 Å². The van der Waals surface area contributed by atoms with Crippen molar-refractivity contribution < 1.29 is 0 Å². The Balaban J connectivity index is 2.21. The van der Waals surface area contributed by atoms with Gasteiger partial charge in [-0.15, -0.1) is 0 Å². The van der Waals surface area contributed by atoms with Gasteiger partial charge in [-0.25, -0.2) is 5.10 Å². The van der Waals surface area contributed by atoms with Gasteiger partial charge in [0, 0.05) is 6.04 Å². The lowest BCUT2D eigenvalue weighted by Gasteiger charge is -2.30. The smallest absolute Gasteiger partial charge is 0.272 e. The molecule has 1 unspecified atom stereocenters. The summed E-state index contributed by atoms with van der Waals surface area (Å²) in [4.78, 5) is 11.7. The molecule has 4 nitrogen and oxygen atoms in total. The van der Waals surface area contributed by atoms with Gasteiger partial charge in [-0.1, -0.05) is 6.08 Å². The van der Waals surface area contributed by atoms with Gasteiger partial charge in [0.2, 0.25) is 0 Å². The standard InChI is InChI=1S/C11H13N3O/c15-11-10-7(6-13-14-11)3-4-9-8(10)2-1-5-12-9/h2,6,9,12H,1,3-5H2,(H,14,15). The highest BCUT2D eigenvalue weighted by Crippen LogP contribution is 2.29. The molecule has 2 heterocycles. The maximum Gasteiger partial charge on any atom is 0.272 e.